The molecule has 0 unspecified atom stereocenters. The molecule has 0 saturated heterocycles. The van der Waals surface area contributed by atoms with Crippen molar-refractivity contribution in [2.24, 2.45) is 0 Å². The number of hydrogen-bond donors (Lipinski definition) is 2. The highest BCUT2D eigenvalue weighted by molar-refractivity contribution is 7.14. The zero-order valence-corrected chi connectivity index (χ0v) is 15.7. The number of hydrogen-bond acceptors (Lipinski definition) is 4. The minimum atomic E-state index is -0.170. The van der Waals surface area contributed by atoms with E-state index in [2.05, 4.69) is 22.2 Å². The number of amides is 1. The molecule has 1 amide bonds. The Morgan fingerprint density at radius 3 is 2.81 bits per heavy atom. The van der Waals surface area contributed by atoms with Crippen molar-refractivity contribution in [2.75, 3.05) is 11.9 Å². The first-order valence-electron chi connectivity index (χ1n) is 8.81. The summed E-state index contributed by atoms with van der Waals surface area (Å²) < 4.78 is 5.60. The molecule has 0 atom stereocenters. The van der Waals surface area contributed by atoms with Gasteiger partial charge in [-0.2, -0.15) is 0 Å². The number of rotatable bonds is 6. The van der Waals surface area contributed by atoms with Gasteiger partial charge in [0.2, 0.25) is 0 Å². The SMILES string of the molecule is CCCOc1ccc(-c2csc(NC(=O)c3c[nH]c4ccccc34)n2)cc1. The third kappa shape index (κ3) is 3.71. The summed E-state index contributed by atoms with van der Waals surface area (Å²) >= 11 is 1.41. The van der Waals surface area contributed by atoms with Crippen molar-refractivity contribution >= 4 is 33.3 Å². The number of ether oxygens (including phenoxy) is 1. The van der Waals surface area contributed by atoms with Gasteiger partial charge >= 0.3 is 0 Å². The standard InChI is InChI=1S/C21H19N3O2S/c1-2-11-26-15-9-7-14(8-10-15)19-13-27-21(23-19)24-20(25)17-12-22-18-6-4-3-5-16(17)18/h3-10,12-13,22H,2,11H2,1H3,(H,23,24,25). The van der Waals surface area contributed by atoms with E-state index in [1.54, 1.807) is 6.20 Å². The number of carbonyl (C=O) groups is 1. The van der Waals surface area contributed by atoms with Crippen LogP contribution >= 0.6 is 11.3 Å². The van der Waals surface area contributed by atoms with E-state index in [-0.39, 0.29) is 5.91 Å². The molecule has 27 heavy (non-hydrogen) atoms. The second-order valence-corrected chi connectivity index (χ2v) is 6.97. The molecule has 2 aromatic heterocycles. The zero-order chi connectivity index (χ0) is 18.6. The minimum Gasteiger partial charge on any atom is -0.494 e. The summed E-state index contributed by atoms with van der Waals surface area (Å²) in [5.74, 6) is 0.681. The molecule has 4 aromatic rings. The number of H-pyrrole nitrogens is 1. The van der Waals surface area contributed by atoms with Gasteiger partial charge < -0.3 is 9.72 Å². The third-order valence-electron chi connectivity index (χ3n) is 4.18. The van der Waals surface area contributed by atoms with Crippen molar-refractivity contribution in [1.82, 2.24) is 9.97 Å². The first-order chi connectivity index (χ1) is 13.2. The minimum absolute atomic E-state index is 0.170. The predicted octanol–water partition coefficient (Wildman–Crippen LogP) is 5.33. The summed E-state index contributed by atoms with van der Waals surface area (Å²) in [6.07, 6.45) is 2.71. The Hall–Kier alpha value is -3.12. The number of aromatic amines is 1. The van der Waals surface area contributed by atoms with Gasteiger partial charge in [-0.05, 0) is 36.8 Å². The lowest BCUT2D eigenvalue weighted by molar-refractivity contribution is 0.102. The van der Waals surface area contributed by atoms with Crippen LogP contribution in [-0.4, -0.2) is 22.5 Å². The average Bonchev–Trinajstić information content (AvgIpc) is 3.34. The molecule has 0 aliphatic carbocycles. The summed E-state index contributed by atoms with van der Waals surface area (Å²) in [4.78, 5) is 20.3. The van der Waals surface area contributed by atoms with Gasteiger partial charge in [-0.1, -0.05) is 25.1 Å². The summed E-state index contributed by atoms with van der Waals surface area (Å²) in [7, 11) is 0. The van der Waals surface area contributed by atoms with Crippen molar-refractivity contribution in [3.05, 3.63) is 65.7 Å². The van der Waals surface area contributed by atoms with Gasteiger partial charge in [-0.15, -0.1) is 11.3 Å². The van der Waals surface area contributed by atoms with Gasteiger partial charge in [-0.3, -0.25) is 10.1 Å². The molecule has 0 spiro atoms. The predicted molar refractivity (Wildman–Crippen MR) is 110 cm³/mol. The van der Waals surface area contributed by atoms with Crippen LogP contribution in [0.15, 0.2) is 60.1 Å². The lowest BCUT2D eigenvalue weighted by Crippen LogP contribution is -2.11. The maximum absolute atomic E-state index is 12.6. The molecule has 2 aromatic carbocycles. The Bertz CT molecular complexity index is 1070. The van der Waals surface area contributed by atoms with Gasteiger partial charge in [0.05, 0.1) is 17.9 Å². The van der Waals surface area contributed by atoms with E-state index >= 15 is 0 Å². The second-order valence-electron chi connectivity index (χ2n) is 6.11. The molecule has 6 heteroatoms. The van der Waals surface area contributed by atoms with Crippen LogP contribution in [0.5, 0.6) is 5.75 Å². The van der Waals surface area contributed by atoms with Crippen LogP contribution < -0.4 is 10.1 Å². The number of anilines is 1. The molecule has 0 aliphatic heterocycles. The van der Waals surface area contributed by atoms with Crippen molar-refractivity contribution in [3.8, 4) is 17.0 Å². The van der Waals surface area contributed by atoms with E-state index in [4.69, 9.17) is 4.74 Å². The van der Waals surface area contributed by atoms with Gasteiger partial charge in [0.25, 0.3) is 5.91 Å². The maximum atomic E-state index is 12.6. The van der Waals surface area contributed by atoms with Gasteiger partial charge in [-0.25, -0.2) is 4.98 Å². The zero-order valence-electron chi connectivity index (χ0n) is 14.9. The molecule has 4 rings (SSSR count). The summed E-state index contributed by atoms with van der Waals surface area (Å²) in [5.41, 5.74) is 3.37. The number of aromatic nitrogens is 2. The van der Waals surface area contributed by atoms with Crippen LogP contribution in [0, 0.1) is 0 Å². The largest absolute Gasteiger partial charge is 0.494 e. The van der Waals surface area contributed by atoms with E-state index in [0.29, 0.717) is 17.3 Å². The number of para-hydroxylation sites is 1. The Morgan fingerprint density at radius 1 is 1.19 bits per heavy atom. The normalized spacial score (nSPS) is 10.9. The first kappa shape index (κ1) is 17.3. The van der Waals surface area contributed by atoms with Crippen LogP contribution in [0.1, 0.15) is 23.7 Å². The summed E-state index contributed by atoms with van der Waals surface area (Å²) in [6.45, 7) is 2.79. The lowest BCUT2D eigenvalue weighted by Gasteiger charge is -2.04. The molecule has 0 bridgehead atoms. The number of benzene rings is 2. The molecular formula is C21H19N3O2S. The number of thiazole rings is 1. The van der Waals surface area contributed by atoms with E-state index < -0.39 is 0 Å². The fourth-order valence-electron chi connectivity index (χ4n) is 2.83. The molecule has 0 saturated carbocycles. The number of nitrogens with zero attached hydrogens (tertiary/aromatic N) is 1. The average molecular weight is 377 g/mol. The van der Waals surface area contributed by atoms with Crippen LogP contribution in [0.4, 0.5) is 5.13 Å². The molecule has 2 N–H and O–H groups in total. The third-order valence-corrected chi connectivity index (χ3v) is 4.94. The number of carbonyl (C=O) groups excluding carboxylic acids is 1. The summed E-state index contributed by atoms with van der Waals surface area (Å²) in [6, 6.07) is 15.6. The second kappa shape index (κ2) is 7.63. The highest BCUT2D eigenvalue weighted by Crippen LogP contribution is 2.27. The first-order valence-corrected chi connectivity index (χ1v) is 9.69. The Kier molecular flexibility index (Phi) is 4.89. The Labute approximate surface area is 161 Å². The van der Waals surface area contributed by atoms with E-state index in [0.717, 1.165) is 34.3 Å². The lowest BCUT2D eigenvalue weighted by atomic mass is 10.1. The molecule has 0 radical (unpaired) electrons. The fraction of sp³-hybridized carbons (Fsp3) is 0.143. The highest BCUT2D eigenvalue weighted by atomic mass is 32.1. The molecule has 0 aliphatic rings. The van der Waals surface area contributed by atoms with Crippen LogP contribution in [-0.2, 0) is 0 Å². The molecule has 0 fully saturated rings. The van der Waals surface area contributed by atoms with E-state index in [1.807, 2.05) is 53.9 Å². The quantitative estimate of drug-likeness (QED) is 0.477. The Balaban J connectivity index is 1.48. The van der Waals surface area contributed by atoms with E-state index in [9.17, 15) is 4.79 Å². The highest BCUT2D eigenvalue weighted by Gasteiger charge is 2.14. The van der Waals surface area contributed by atoms with Gasteiger partial charge in [0, 0.05) is 28.0 Å². The van der Waals surface area contributed by atoms with Crippen molar-refractivity contribution in [3.63, 3.8) is 0 Å². The van der Waals surface area contributed by atoms with Gasteiger partial charge in [0.1, 0.15) is 5.75 Å². The molecular weight excluding hydrogens is 358 g/mol. The van der Waals surface area contributed by atoms with Crippen LogP contribution in [0.3, 0.4) is 0 Å². The van der Waals surface area contributed by atoms with Crippen molar-refractivity contribution in [2.45, 2.75) is 13.3 Å². The summed E-state index contributed by atoms with van der Waals surface area (Å²) in [5, 5.41) is 6.30. The monoisotopic (exact) mass is 377 g/mol. The number of fused-ring (bicyclic) bond motifs is 1. The van der Waals surface area contributed by atoms with Crippen LogP contribution in [0.25, 0.3) is 22.2 Å². The topological polar surface area (TPSA) is 67.0 Å². The van der Waals surface area contributed by atoms with E-state index in [1.165, 1.54) is 11.3 Å². The maximum Gasteiger partial charge on any atom is 0.259 e. The van der Waals surface area contributed by atoms with Crippen molar-refractivity contribution in [1.29, 1.82) is 0 Å². The fourth-order valence-corrected chi connectivity index (χ4v) is 3.54. The molecule has 2 heterocycles. The molecule has 5 nitrogen and oxygen atoms in total. The number of nitrogens with one attached hydrogen (secondary N) is 2. The van der Waals surface area contributed by atoms with Crippen LogP contribution in [0.2, 0.25) is 0 Å². The molecule has 136 valence electrons. The Morgan fingerprint density at radius 2 is 2.00 bits per heavy atom. The van der Waals surface area contributed by atoms with Crippen molar-refractivity contribution < 1.29 is 9.53 Å². The smallest absolute Gasteiger partial charge is 0.259 e. The van der Waals surface area contributed by atoms with Gasteiger partial charge in [0.15, 0.2) is 5.13 Å².